The molecule has 8 nitrogen and oxygen atoms in total. The summed E-state index contributed by atoms with van der Waals surface area (Å²) < 4.78 is 27.8. The Labute approximate surface area is 165 Å². The molecule has 4 atom stereocenters. The van der Waals surface area contributed by atoms with Crippen molar-refractivity contribution in [2.75, 3.05) is 27.4 Å². The fourth-order valence-corrected chi connectivity index (χ4v) is 3.36. The topological polar surface area (TPSA) is 92.3 Å². The number of hydrogen-bond donors (Lipinski definition) is 1. The van der Waals surface area contributed by atoms with Crippen molar-refractivity contribution in [1.82, 2.24) is 5.32 Å². The molecule has 0 radical (unpaired) electrons. The van der Waals surface area contributed by atoms with Gasteiger partial charge in [0, 0.05) is 41.0 Å². The van der Waals surface area contributed by atoms with Crippen LogP contribution in [0.1, 0.15) is 25.8 Å². The molecule has 1 aromatic rings. The molecule has 2 rings (SSSR count). The molecule has 0 aromatic heterocycles. The molecule has 1 aromatic carbocycles. The number of esters is 2. The van der Waals surface area contributed by atoms with E-state index in [9.17, 15) is 9.59 Å². The van der Waals surface area contributed by atoms with E-state index < -0.39 is 36.0 Å². The molecule has 1 aliphatic rings. The van der Waals surface area contributed by atoms with E-state index >= 15 is 0 Å². The standard InChI is InChI=1S/C20H29NO7/c1-14(22)26-13-17-18(27-15(2)23)19(20(25-4,28-17)10-11-24-3)21-12-16-8-6-5-7-9-16/h5-9,17-19,21H,10-13H2,1-4H3/t17-,18-,19-,20-/m0/s1. The number of hydrogen-bond acceptors (Lipinski definition) is 8. The van der Waals surface area contributed by atoms with Crippen LogP contribution >= 0.6 is 0 Å². The number of methoxy groups -OCH3 is 2. The molecule has 156 valence electrons. The van der Waals surface area contributed by atoms with E-state index in [0.717, 1.165) is 5.56 Å². The third kappa shape index (κ3) is 5.75. The molecule has 1 heterocycles. The van der Waals surface area contributed by atoms with Crippen molar-refractivity contribution in [2.45, 2.75) is 50.8 Å². The molecule has 1 N–H and O–H groups in total. The predicted molar refractivity (Wildman–Crippen MR) is 100 cm³/mol. The molecule has 0 aliphatic carbocycles. The van der Waals surface area contributed by atoms with Gasteiger partial charge in [0.25, 0.3) is 0 Å². The lowest BCUT2D eigenvalue weighted by atomic mass is 9.98. The zero-order valence-electron chi connectivity index (χ0n) is 16.8. The SMILES string of the molecule is COCC[C@]1(OC)O[C@@H](COC(C)=O)[C@H](OC(C)=O)[C@@H]1NCc1ccccc1. The van der Waals surface area contributed by atoms with Crippen molar-refractivity contribution in [2.24, 2.45) is 0 Å². The van der Waals surface area contributed by atoms with Gasteiger partial charge in [0.2, 0.25) is 0 Å². The van der Waals surface area contributed by atoms with E-state index in [2.05, 4.69) is 5.32 Å². The van der Waals surface area contributed by atoms with Gasteiger partial charge in [-0.25, -0.2) is 0 Å². The molecule has 0 amide bonds. The van der Waals surface area contributed by atoms with Crippen LogP contribution in [0, 0.1) is 0 Å². The van der Waals surface area contributed by atoms with Crippen LogP contribution in [0.5, 0.6) is 0 Å². The van der Waals surface area contributed by atoms with Crippen molar-refractivity contribution >= 4 is 11.9 Å². The van der Waals surface area contributed by atoms with Gasteiger partial charge >= 0.3 is 11.9 Å². The van der Waals surface area contributed by atoms with Gasteiger partial charge in [-0.2, -0.15) is 0 Å². The number of nitrogens with one attached hydrogen (secondary N) is 1. The highest BCUT2D eigenvalue weighted by atomic mass is 16.7. The van der Waals surface area contributed by atoms with E-state index in [4.69, 9.17) is 23.7 Å². The first-order valence-electron chi connectivity index (χ1n) is 9.21. The molecule has 0 saturated carbocycles. The maximum absolute atomic E-state index is 11.7. The minimum absolute atomic E-state index is 0.0467. The summed E-state index contributed by atoms with van der Waals surface area (Å²) in [7, 11) is 3.12. The van der Waals surface area contributed by atoms with E-state index in [-0.39, 0.29) is 6.61 Å². The highest BCUT2D eigenvalue weighted by Crippen LogP contribution is 2.37. The van der Waals surface area contributed by atoms with Crippen LogP contribution in [-0.2, 0) is 39.8 Å². The van der Waals surface area contributed by atoms with Crippen LogP contribution in [0.4, 0.5) is 0 Å². The molecule has 8 heteroatoms. The van der Waals surface area contributed by atoms with Crippen molar-refractivity contribution in [1.29, 1.82) is 0 Å². The van der Waals surface area contributed by atoms with Crippen LogP contribution < -0.4 is 5.32 Å². The Bertz CT molecular complexity index is 639. The first-order chi connectivity index (χ1) is 13.4. The van der Waals surface area contributed by atoms with Crippen LogP contribution in [0.25, 0.3) is 0 Å². The molecule has 1 saturated heterocycles. The van der Waals surface area contributed by atoms with Gasteiger partial charge < -0.3 is 29.0 Å². The number of benzene rings is 1. The highest BCUT2D eigenvalue weighted by molar-refractivity contribution is 5.66. The van der Waals surface area contributed by atoms with Crippen LogP contribution in [0.3, 0.4) is 0 Å². The minimum atomic E-state index is -1.10. The Kier molecular flexibility index (Phi) is 8.37. The van der Waals surface area contributed by atoms with E-state index in [1.807, 2.05) is 30.3 Å². The largest absolute Gasteiger partial charge is 0.463 e. The number of ether oxygens (including phenoxy) is 5. The van der Waals surface area contributed by atoms with Crippen LogP contribution in [0.15, 0.2) is 30.3 Å². The van der Waals surface area contributed by atoms with Crippen LogP contribution in [-0.4, -0.2) is 63.4 Å². The van der Waals surface area contributed by atoms with E-state index in [0.29, 0.717) is 19.6 Å². The van der Waals surface area contributed by atoms with Crippen molar-refractivity contribution < 1.29 is 33.3 Å². The molecule has 0 spiro atoms. The molecule has 1 fully saturated rings. The second-order valence-electron chi connectivity index (χ2n) is 6.64. The molecule has 0 unspecified atom stereocenters. The number of rotatable bonds is 10. The zero-order chi connectivity index (χ0) is 20.6. The summed E-state index contributed by atoms with van der Waals surface area (Å²) in [6.45, 7) is 3.50. The predicted octanol–water partition coefficient (Wildman–Crippen LogP) is 1.42. The molecular weight excluding hydrogens is 366 g/mol. The Morgan fingerprint density at radius 1 is 1.14 bits per heavy atom. The fourth-order valence-electron chi connectivity index (χ4n) is 3.36. The Morgan fingerprint density at radius 3 is 2.43 bits per heavy atom. The fraction of sp³-hybridized carbons (Fsp3) is 0.600. The molecule has 28 heavy (non-hydrogen) atoms. The average molecular weight is 395 g/mol. The second kappa shape index (κ2) is 10.5. The maximum atomic E-state index is 11.7. The summed E-state index contributed by atoms with van der Waals surface area (Å²) >= 11 is 0. The summed E-state index contributed by atoms with van der Waals surface area (Å²) in [5.41, 5.74) is 1.06. The minimum Gasteiger partial charge on any atom is -0.463 e. The third-order valence-corrected chi connectivity index (χ3v) is 4.64. The lowest BCUT2D eigenvalue weighted by molar-refractivity contribution is -0.234. The third-order valence-electron chi connectivity index (χ3n) is 4.64. The van der Waals surface area contributed by atoms with Gasteiger partial charge in [-0.1, -0.05) is 30.3 Å². The lowest BCUT2D eigenvalue weighted by Crippen LogP contribution is -2.55. The first-order valence-corrected chi connectivity index (χ1v) is 9.21. The quantitative estimate of drug-likeness (QED) is 0.595. The van der Waals surface area contributed by atoms with E-state index in [1.165, 1.54) is 21.0 Å². The normalized spacial score (nSPS) is 26.8. The maximum Gasteiger partial charge on any atom is 0.303 e. The van der Waals surface area contributed by atoms with E-state index in [1.54, 1.807) is 7.11 Å². The summed E-state index contributed by atoms with van der Waals surface area (Å²) in [6, 6.07) is 9.33. The highest BCUT2D eigenvalue weighted by Gasteiger charge is 2.57. The van der Waals surface area contributed by atoms with Gasteiger partial charge in [0.1, 0.15) is 18.8 Å². The first kappa shape index (κ1) is 22.3. The van der Waals surface area contributed by atoms with Gasteiger partial charge in [0.15, 0.2) is 11.9 Å². The zero-order valence-corrected chi connectivity index (χ0v) is 16.8. The number of carbonyl (C=O) groups is 2. The lowest BCUT2D eigenvalue weighted by Gasteiger charge is -2.34. The Morgan fingerprint density at radius 2 is 1.86 bits per heavy atom. The second-order valence-corrected chi connectivity index (χ2v) is 6.64. The van der Waals surface area contributed by atoms with Gasteiger partial charge in [-0.3, -0.25) is 9.59 Å². The smallest absolute Gasteiger partial charge is 0.303 e. The Hall–Kier alpha value is -2.00. The van der Waals surface area contributed by atoms with Crippen molar-refractivity contribution in [3.8, 4) is 0 Å². The van der Waals surface area contributed by atoms with Gasteiger partial charge in [-0.05, 0) is 5.56 Å². The monoisotopic (exact) mass is 395 g/mol. The summed E-state index contributed by atoms with van der Waals surface area (Å²) in [5.74, 6) is -1.99. The Balaban J connectivity index is 2.27. The number of carbonyl (C=O) groups excluding carboxylic acids is 2. The van der Waals surface area contributed by atoms with Gasteiger partial charge in [0.05, 0.1) is 6.61 Å². The van der Waals surface area contributed by atoms with Crippen LogP contribution in [0.2, 0.25) is 0 Å². The summed E-state index contributed by atoms with van der Waals surface area (Å²) in [6.07, 6.45) is -0.962. The van der Waals surface area contributed by atoms with Crippen molar-refractivity contribution in [3.63, 3.8) is 0 Å². The molecule has 1 aliphatic heterocycles. The summed E-state index contributed by atoms with van der Waals surface area (Å²) in [4.78, 5) is 23.0. The van der Waals surface area contributed by atoms with Gasteiger partial charge in [-0.15, -0.1) is 0 Å². The molecule has 0 bridgehead atoms. The average Bonchev–Trinajstić information content (AvgIpc) is 2.96. The summed E-state index contributed by atoms with van der Waals surface area (Å²) in [5, 5.41) is 3.40. The molecular formula is C20H29NO7. The van der Waals surface area contributed by atoms with Crippen molar-refractivity contribution in [3.05, 3.63) is 35.9 Å².